The molecule has 2 rings (SSSR count). The summed E-state index contributed by atoms with van der Waals surface area (Å²) in [4.78, 5) is 7.98. The van der Waals surface area contributed by atoms with Crippen LogP contribution in [-0.4, -0.2) is 61.2 Å². The molecule has 1 atom stereocenters. The molecule has 4 nitrogen and oxygen atoms in total. The Bertz CT molecular complexity index is 354. The Morgan fingerprint density at radius 2 is 1.73 bits per heavy atom. The Hall–Kier alpha value is -0.250. The van der Waals surface area contributed by atoms with Crippen LogP contribution in [-0.2, 0) is 0 Å². The molecule has 2 fully saturated rings. The van der Waals surface area contributed by atoms with Gasteiger partial charge in [0.2, 0.25) is 0 Å². The molecule has 22 heavy (non-hydrogen) atoms. The maximum absolute atomic E-state index is 12.3. The number of halogens is 4. The zero-order valence-corrected chi connectivity index (χ0v) is 15.1. The Kier molecular flexibility index (Phi) is 8.23. The fourth-order valence-corrected chi connectivity index (χ4v) is 3.08. The van der Waals surface area contributed by atoms with Gasteiger partial charge in [-0.3, -0.25) is 9.89 Å². The zero-order chi connectivity index (χ0) is 15.3. The molecule has 0 aromatic carbocycles. The summed E-state index contributed by atoms with van der Waals surface area (Å²) >= 11 is 0. The van der Waals surface area contributed by atoms with Gasteiger partial charge in [0, 0.05) is 26.2 Å². The summed E-state index contributed by atoms with van der Waals surface area (Å²) in [6.07, 6.45) is 1.41. The molecular weight excluding hydrogens is 408 g/mol. The first-order chi connectivity index (χ1) is 9.94. The van der Waals surface area contributed by atoms with Gasteiger partial charge in [0.15, 0.2) is 5.96 Å². The van der Waals surface area contributed by atoms with Gasteiger partial charge in [-0.1, -0.05) is 12.8 Å². The quantitative estimate of drug-likeness (QED) is 0.422. The van der Waals surface area contributed by atoms with E-state index in [0.29, 0.717) is 25.6 Å². The molecule has 2 heterocycles. The van der Waals surface area contributed by atoms with E-state index in [4.69, 9.17) is 5.73 Å². The van der Waals surface area contributed by atoms with Crippen LogP contribution in [0.25, 0.3) is 0 Å². The van der Waals surface area contributed by atoms with E-state index in [2.05, 4.69) is 9.89 Å². The second-order valence-corrected chi connectivity index (χ2v) is 6.11. The molecule has 0 spiro atoms. The first kappa shape index (κ1) is 19.8. The molecule has 0 radical (unpaired) electrons. The van der Waals surface area contributed by atoms with Gasteiger partial charge < -0.3 is 10.6 Å². The molecular formula is C14H26F3IN4. The molecule has 1 unspecified atom stereocenters. The molecule has 2 aliphatic rings. The van der Waals surface area contributed by atoms with Crippen LogP contribution in [0.5, 0.6) is 0 Å². The van der Waals surface area contributed by atoms with E-state index in [0.717, 1.165) is 32.4 Å². The molecule has 0 aromatic heterocycles. The van der Waals surface area contributed by atoms with Gasteiger partial charge in [0.1, 0.15) is 0 Å². The second-order valence-electron chi connectivity index (χ2n) is 6.11. The molecule has 2 N–H and O–H groups in total. The first-order valence-corrected chi connectivity index (χ1v) is 7.78. The van der Waals surface area contributed by atoms with Gasteiger partial charge in [-0.05, 0) is 31.7 Å². The number of aliphatic imine (C=N–C) groups is 1. The minimum atomic E-state index is -4.11. The van der Waals surface area contributed by atoms with Crippen LogP contribution in [0, 0.1) is 5.92 Å². The highest BCUT2D eigenvalue weighted by Crippen LogP contribution is 2.23. The topological polar surface area (TPSA) is 44.9 Å². The van der Waals surface area contributed by atoms with Crippen LogP contribution in [0.1, 0.15) is 32.1 Å². The fraction of sp³-hybridized carbons (Fsp3) is 0.929. The molecule has 0 aliphatic carbocycles. The van der Waals surface area contributed by atoms with E-state index in [1.165, 1.54) is 17.7 Å². The van der Waals surface area contributed by atoms with Crippen molar-refractivity contribution in [2.24, 2.45) is 16.6 Å². The lowest BCUT2D eigenvalue weighted by Gasteiger charge is -2.21. The van der Waals surface area contributed by atoms with Crippen LogP contribution >= 0.6 is 24.0 Å². The van der Waals surface area contributed by atoms with Gasteiger partial charge >= 0.3 is 6.18 Å². The highest BCUT2D eigenvalue weighted by Gasteiger charge is 2.34. The molecule has 2 saturated heterocycles. The van der Waals surface area contributed by atoms with Crippen molar-refractivity contribution in [2.45, 2.75) is 38.3 Å². The lowest BCUT2D eigenvalue weighted by atomic mass is 10.1. The number of nitrogens with zero attached hydrogens (tertiary/aromatic N) is 3. The van der Waals surface area contributed by atoms with Crippen molar-refractivity contribution in [3.05, 3.63) is 0 Å². The zero-order valence-electron chi connectivity index (χ0n) is 12.8. The Balaban J connectivity index is 0.00000242. The minimum absolute atomic E-state index is 0. The van der Waals surface area contributed by atoms with Crippen LogP contribution in [0.2, 0.25) is 0 Å². The van der Waals surface area contributed by atoms with Crippen LogP contribution in [0.4, 0.5) is 13.2 Å². The van der Waals surface area contributed by atoms with Gasteiger partial charge in [-0.15, -0.1) is 24.0 Å². The van der Waals surface area contributed by atoms with Crippen molar-refractivity contribution < 1.29 is 13.2 Å². The molecule has 0 amide bonds. The van der Waals surface area contributed by atoms with E-state index in [1.807, 2.05) is 0 Å². The summed E-state index contributed by atoms with van der Waals surface area (Å²) < 4.78 is 37.0. The van der Waals surface area contributed by atoms with Gasteiger partial charge in [-0.25, -0.2) is 0 Å². The highest BCUT2D eigenvalue weighted by atomic mass is 127. The van der Waals surface area contributed by atoms with Crippen molar-refractivity contribution in [3.63, 3.8) is 0 Å². The summed E-state index contributed by atoms with van der Waals surface area (Å²) in [6, 6.07) is 0. The molecule has 0 aromatic rings. The third-order valence-corrected chi connectivity index (χ3v) is 4.21. The van der Waals surface area contributed by atoms with Crippen molar-refractivity contribution in [1.29, 1.82) is 0 Å². The molecule has 2 aliphatic heterocycles. The van der Waals surface area contributed by atoms with Gasteiger partial charge in [0.05, 0.1) is 6.54 Å². The van der Waals surface area contributed by atoms with Crippen LogP contribution < -0.4 is 5.73 Å². The number of nitrogens with two attached hydrogens (primary N) is 1. The number of guanidine groups is 1. The Morgan fingerprint density at radius 3 is 2.32 bits per heavy atom. The number of rotatable bonds is 3. The smallest absolute Gasteiger partial charge is 0.370 e. The standard InChI is InChI=1S/C14H25F3N4.HI/c15-14(16,17)11-20-8-5-12(10-20)9-19-13(18)21-6-3-1-2-4-7-21;/h12H,1-11H2,(H2,18,19);1H. The van der Waals surface area contributed by atoms with E-state index in [1.54, 1.807) is 0 Å². The number of likely N-dealkylation sites (tertiary alicyclic amines) is 2. The van der Waals surface area contributed by atoms with Gasteiger partial charge in [-0.2, -0.15) is 13.2 Å². The molecule has 0 bridgehead atoms. The Morgan fingerprint density at radius 1 is 1.09 bits per heavy atom. The van der Waals surface area contributed by atoms with Crippen molar-refractivity contribution in [3.8, 4) is 0 Å². The fourth-order valence-electron chi connectivity index (χ4n) is 3.08. The van der Waals surface area contributed by atoms with Crippen molar-refractivity contribution in [1.82, 2.24) is 9.80 Å². The summed E-state index contributed by atoms with van der Waals surface area (Å²) in [5.41, 5.74) is 6.01. The van der Waals surface area contributed by atoms with Crippen LogP contribution in [0.15, 0.2) is 4.99 Å². The van der Waals surface area contributed by atoms with E-state index >= 15 is 0 Å². The maximum atomic E-state index is 12.3. The third kappa shape index (κ3) is 6.89. The lowest BCUT2D eigenvalue weighted by Crippen LogP contribution is -2.38. The van der Waals surface area contributed by atoms with E-state index < -0.39 is 12.7 Å². The Labute approximate surface area is 147 Å². The largest absolute Gasteiger partial charge is 0.401 e. The third-order valence-electron chi connectivity index (χ3n) is 4.21. The summed E-state index contributed by atoms with van der Waals surface area (Å²) in [7, 11) is 0. The highest BCUT2D eigenvalue weighted by molar-refractivity contribution is 14.0. The predicted octanol–water partition coefficient (Wildman–Crippen LogP) is 2.68. The normalized spacial score (nSPS) is 25.0. The predicted molar refractivity (Wildman–Crippen MR) is 92.5 cm³/mol. The molecule has 8 heteroatoms. The van der Waals surface area contributed by atoms with Crippen molar-refractivity contribution >= 4 is 29.9 Å². The summed E-state index contributed by atoms with van der Waals surface area (Å²) in [6.45, 7) is 2.59. The summed E-state index contributed by atoms with van der Waals surface area (Å²) in [5, 5.41) is 0. The van der Waals surface area contributed by atoms with E-state index in [9.17, 15) is 13.2 Å². The average Bonchev–Trinajstić information content (AvgIpc) is 2.66. The second kappa shape index (κ2) is 9.14. The number of hydrogen-bond donors (Lipinski definition) is 1. The lowest BCUT2D eigenvalue weighted by molar-refractivity contribution is -0.143. The number of alkyl halides is 3. The van der Waals surface area contributed by atoms with Crippen LogP contribution in [0.3, 0.4) is 0 Å². The maximum Gasteiger partial charge on any atom is 0.401 e. The number of hydrogen-bond acceptors (Lipinski definition) is 2. The minimum Gasteiger partial charge on any atom is -0.370 e. The summed E-state index contributed by atoms with van der Waals surface area (Å²) in [5.74, 6) is 0.754. The SMILES string of the molecule is I.NC(=NCC1CCN(CC(F)(F)F)C1)N1CCCCCC1. The average molecular weight is 434 g/mol. The first-order valence-electron chi connectivity index (χ1n) is 7.78. The monoisotopic (exact) mass is 434 g/mol. The van der Waals surface area contributed by atoms with Crippen molar-refractivity contribution in [2.75, 3.05) is 39.3 Å². The molecule has 130 valence electrons. The van der Waals surface area contributed by atoms with E-state index in [-0.39, 0.29) is 29.9 Å². The van der Waals surface area contributed by atoms with Gasteiger partial charge in [0.25, 0.3) is 0 Å². The molecule has 0 saturated carbocycles.